The molecule has 0 aromatic heterocycles. The summed E-state index contributed by atoms with van der Waals surface area (Å²) in [5, 5.41) is 12.4. The van der Waals surface area contributed by atoms with Crippen LogP contribution in [0.25, 0.3) is 0 Å². The third kappa shape index (κ3) is 5.06. The summed E-state index contributed by atoms with van der Waals surface area (Å²) in [5.74, 6) is -0.257. The highest BCUT2D eigenvalue weighted by molar-refractivity contribution is 5.24. The maximum atomic E-state index is 13.5. The Hall–Kier alpha value is -1.85. The van der Waals surface area contributed by atoms with Gasteiger partial charge in [-0.05, 0) is 16.5 Å². The van der Waals surface area contributed by atoms with Crippen molar-refractivity contribution in [2.45, 2.75) is 32.0 Å². The van der Waals surface area contributed by atoms with Crippen LogP contribution in [0, 0.1) is 5.41 Å². The first kappa shape index (κ1) is 19.5. The molecule has 2 rings (SSSR count). The molecule has 0 saturated carbocycles. The molecule has 0 aliphatic carbocycles. The van der Waals surface area contributed by atoms with E-state index in [-0.39, 0.29) is 24.6 Å². The van der Waals surface area contributed by atoms with Gasteiger partial charge in [-0.15, -0.1) is 0 Å². The van der Waals surface area contributed by atoms with E-state index in [0.717, 1.165) is 5.56 Å². The fourth-order valence-corrected chi connectivity index (χ4v) is 2.94. The average Bonchev–Trinajstić information content (AvgIpc) is 2.59. The van der Waals surface area contributed by atoms with Crippen molar-refractivity contribution >= 4 is 0 Å². The molecule has 0 unspecified atom stereocenters. The molecule has 2 aromatic carbocycles. The summed E-state index contributed by atoms with van der Waals surface area (Å²) in [4.78, 5) is 0. The summed E-state index contributed by atoms with van der Waals surface area (Å²) in [6.07, 6.45) is -4.40. The van der Waals surface area contributed by atoms with Crippen LogP contribution in [-0.2, 0) is 0 Å². The van der Waals surface area contributed by atoms with Crippen LogP contribution in [0.3, 0.4) is 0 Å². The van der Waals surface area contributed by atoms with Crippen LogP contribution < -0.4 is 5.32 Å². The van der Waals surface area contributed by atoms with Gasteiger partial charge in [-0.1, -0.05) is 74.5 Å². The van der Waals surface area contributed by atoms with Crippen LogP contribution >= 0.6 is 0 Å². The van der Waals surface area contributed by atoms with Gasteiger partial charge in [-0.2, -0.15) is 13.2 Å². The second-order valence-corrected chi connectivity index (χ2v) is 6.90. The molecule has 25 heavy (non-hydrogen) atoms. The highest BCUT2D eigenvalue weighted by Gasteiger charge is 2.41. The molecule has 0 amide bonds. The molecule has 0 aliphatic heterocycles. The first-order chi connectivity index (χ1) is 11.8. The van der Waals surface area contributed by atoms with E-state index in [1.54, 1.807) is 18.2 Å². The van der Waals surface area contributed by atoms with Gasteiger partial charge in [0.15, 0.2) is 0 Å². The standard InChI is InChI=1S/C20H24F3NO/c1-19(2,14-25)17(15-9-5-3-6-10-15)13-24-18(20(21,22)23)16-11-7-4-8-12-16/h3-12,17-18,24-25H,13-14H2,1-2H3/t17-,18-/m1/s1. The summed E-state index contributed by atoms with van der Waals surface area (Å²) in [5.41, 5.74) is 0.535. The lowest BCUT2D eigenvalue weighted by Crippen LogP contribution is -2.40. The van der Waals surface area contributed by atoms with Gasteiger partial charge < -0.3 is 10.4 Å². The average molecular weight is 351 g/mol. The molecular formula is C20H24F3NO. The van der Waals surface area contributed by atoms with Crippen molar-refractivity contribution in [2.24, 2.45) is 5.41 Å². The van der Waals surface area contributed by atoms with Crippen LogP contribution in [0.2, 0.25) is 0 Å². The van der Waals surface area contributed by atoms with Crippen molar-refractivity contribution in [3.05, 3.63) is 71.8 Å². The predicted molar refractivity (Wildman–Crippen MR) is 93.3 cm³/mol. The molecule has 0 spiro atoms. The number of hydrogen-bond acceptors (Lipinski definition) is 2. The third-order valence-corrected chi connectivity index (χ3v) is 4.54. The SMILES string of the molecule is CC(C)(CO)[C@H](CN[C@H](c1ccccc1)C(F)(F)F)c1ccccc1. The Labute approximate surface area is 146 Å². The molecule has 0 radical (unpaired) electrons. The van der Waals surface area contributed by atoms with E-state index in [9.17, 15) is 18.3 Å². The summed E-state index contributed by atoms with van der Waals surface area (Å²) < 4.78 is 40.6. The molecule has 2 N–H and O–H groups in total. The maximum Gasteiger partial charge on any atom is 0.407 e. The highest BCUT2D eigenvalue weighted by Crippen LogP contribution is 2.37. The van der Waals surface area contributed by atoms with E-state index in [4.69, 9.17) is 0 Å². The molecule has 5 heteroatoms. The fourth-order valence-electron chi connectivity index (χ4n) is 2.94. The first-order valence-electron chi connectivity index (χ1n) is 8.26. The molecule has 0 bridgehead atoms. The van der Waals surface area contributed by atoms with Crippen LogP contribution in [0.1, 0.15) is 36.9 Å². The van der Waals surface area contributed by atoms with E-state index in [1.165, 1.54) is 12.1 Å². The van der Waals surface area contributed by atoms with Gasteiger partial charge >= 0.3 is 6.18 Å². The third-order valence-electron chi connectivity index (χ3n) is 4.54. The number of aliphatic hydroxyl groups excluding tert-OH is 1. The van der Waals surface area contributed by atoms with Gasteiger partial charge in [0.05, 0.1) is 0 Å². The van der Waals surface area contributed by atoms with Crippen molar-refractivity contribution in [1.29, 1.82) is 0 Å². The molecule has 136 valence electrons. The number of halogens is 3. The van der Waals surface area contributed by atoms with Crippen LogP contribution in [-0.4, -0.2) is 24.4 Å². The zero-order valence-corrected chi connectivity index (χ0v) is 14.4. The van der Waals surface area contributed by atoms with Gasteiger partial charge in [0, 0.05) is 19.1 Å². The Morgan fingerprint density at radius 3 is 1.80 bits per heavy atom. The van der Waals surface area contributed by atoms with Gasteiger partial charge in [-0.25, -0.2) is 0 Å². The summed E-state index contributed by atoms with van der Waals surface area (Å²) in [6.45, 7) is 3.71. The predicted octanol–water partition coefficient (Wildman–Crippen LogP) is 4.68. The Kier molecular flexibility index (Phi) is 6.25. The molecule has 0 saturated heterocycles. The largest absolute Gasteiger partial charge is 0.407 e. The molecule has 2 atom stereocenters. The second kappa shape index (κ2) is 8.02. The zero-order chi connectivity index (χ0) is 18.5. The van der Waals surface area contributed by atoms with Crippen molar-refractivity contribution < 1.29 is 18.3 Å². The van der Waals surface area contributed by atoms with Gasteiger partial charge in [-0.3, -0.25) is 0 Å². The lowest BCUT2D eigenvalue weighted by Gasteiger charge is -2.35. The van der Waals surface area contributed by atoms with Crippen LogP contribution in [0.15, 0.2) is 60.7 Å². The quantitative estimate of drug-likeness (QED) is 0.759. The normalized spacial score (nSPS) is 15.0. The minimum absolute atomic E-state index is 0.108. The first-order valence-corrected chi connectivity index (χ1v) is 8.26. The number of alkyl halides is 3. The number of aliphatic hydroxyl groups is 1. The second-order valence-electron chi connectivity index (χ2n) is 6.90. The minimum atomic E-state index is -4.40. The summed E-state index contributed by atoms with van der Waals surface area (Å²) >= 11 is 0. The van der Waals surface area contributed by atoms with Crippen molar-refractivity contribution in [1.82, 2.24) is 5.32 Å². The van der Waals surface area contributed by atoms with Gasteiger partial charge in [0.2, 0.25) is 0 Å². The van der Waals surface area contributed by atoms with Crippen molar-refractivity contribution in [2.75, 3.05) is 13.2 Å². The zero-order valence-electron chi connectivity index (χ0n) is 14.4. The number of rotatable bonds is 7. The molecular weight excluding hydrogens is 327 g/mol. The molecule has 2 aromatic rings. The summed E-state index contributed by atoms with van der Waals surface area (Å²) in [7, 11) is 0. The van der Waals surface area contributed by atoms with E-state index in [0.29, 0.717) is 0 Å². The number of benzene rings is 2. The van der Waals surface area contributed by atoms with E-state index in [2.05, 4.69) is 5.32 Å². The molecule has 0 fully saturated rings. The highest BCUT2D eigenvalue weighted by atomic mass is 19.4. The molecule has 0 aliphatic rings. The lowest BCUT2D eigenvalue weighted by molar-refractivity contribution is -0.158. The maximum absolute atomic E-state index is 13.5. The monoisotopic (exact) mass is 351 g/mol. The van der Waals surface area contributed by atoms with Crippen molar-refractivity contribution in [3.63, 3.8) is 0 Å². The smallest absolute Gasteiger partial charge is 0.396 e. The van der Waals surface area contributed by atoms with Gasteiger partial charge in [0.25, 0.3) is 0 Å². The Morgan fingerprint density at radius 1 is 0.880 bits per heavy atom. The van der Waals surface area contributed by atoms with Crippen LogP contribution in [0.4, 0.5) is 13.2 Å². The van der Waals surface area contributed by atoms with E-state index >= 15 is 0 Å². The number of nitrogens with one attached hydrogen (secondary N) is 1. The fraction of sp³-hybridized carbons (Fsp3) is 0.400. The Bertz CT molecular complexity index is 641. The van der Waals surface area contributed by atoms with Crippen molar-refractivity contribution in [3.8, 4) is 0 Å². The number of hydrogen-bond donors (Lipinski definition) is 2. The molecule has 2 nitrogen and oxygen atoms in total. The van der Waals surface area contributed by atoms with Crippen LogP contribution in [0.5, 0.6) is 0 Å². The molecule has 0 heterocycles. The Balaban J connectivity index is 2.26. The van der Waals surface area contributed by atoms with E-state index in [1.807, 2.05) is 44.2 Å². The summed E-state index contributed by atoms with van der Waals surface area (Å²) in [6, 6.07) is 15.4. The lowest BCUT2D eigenvalue weighted by atomic mass is 9.75. The van der Waals surface area contributed by atoms with Gasteiger partial charge in [0.1, 0.15) is 6.04 Å². The minimum Gasteiger partial charge on any atom is -0.396 e. The Morgan fingerprint density at radius 2 is 1.36 bits per heavy atom. The van der Waals surface area contributed by atoms with E-state index < -0.39 is 17.6 Å². The topological polar surface area (TPSA) is 32.3 Å².